The van der Waals surface area contributed by atoms with Crippen LogP contribution in [-0.2, 0) is 16.1 Å². The molecule has 3 aromatic carbocycles. The third kappa shape index (κ3) is 6.57. The Hall–Kier alpha value is -3.40. The summed E-state index contributed by atoms with van der Waals surface area (Å²) >= 11 is 0. The molecule has 0 heterocycles. The lowest BCUT2D eigenvalue weighted by atomic mass is 9.88. The van der Waals surface area contributed by atoms with E-state index in [4.69, 9.17) is 0 Å². The zero-order valence-electron chi connectivity index (χ0n) is 20.7. The van der Waals surface area contributed by atoms with Crippen molar-refractivity contribution >= 4 is 11.8 Å². The number of aryl methyl sites for hydroxylation is 1. The molecule has 0 aliphatic carbocycles. The van der Waals surface area contributed by atoms with E-state index in [-0.39, 0.29) is 23.8 Å². The van der Waals surface area contributed by atoms with E-state index in [0.717, 1.165) is 22.3 Å². The minimum Gasteiger partial charge on any atom is -0.352 e. The molecule has 0 saturated carbocycles. The number of nitrogens with zero attached hydrogens (tertiary/aromatic N) is 1. The summed E-state index contributed by atoms with van der Waals surface area (Å²) in [5.74, 6) is -0.206. The molecule has 1 N–H and O–H groups in total. The summed E-state index contributed by atoms with van der Waals surface area (Å²) in [6.07, 6.45) is 0.850. The van der Waals surface area contributed by atoms with Crippen molar-refractivity contribution in [3.8, 4) is 0 Å². The van der Waals surface area contributed by atoms with Crippen LogP contribution in [0.15, 0.2) is 84.9 Å². The van der Waals surface area contributed by atoms with Crippen LogP contribution in [-0.4, -0.2) is 28.8 Å². The molecule has 4 heteroatoms. The normalized spacial score (nSPS) is 11.9. The van der Waals surface area contributed by atoms with Crippen LogP contribution in [0, 0.1) is 6.92 Å². The molecule has 0 aliphatic rings. The fourth-order valence-corrected chi connectivity index (χ4v) is 4.36. The molecule has 4 nitrogen and oxygen atoms in total. The van der Waals surface area contributed by atoms with Crippen LogP contribution in [0.2, 0.25) is 0 Å². The largest absolute Gasteiger partial charge is 0.352 e. The van der Waals surface area contributed by atoms with Crippen molar-refractivity contribution in [2.45, 2.75) is 65.1 Å². The van der Waals surface area contributed by atoms with Gasteiger partial charge in [0.05, 0.1) is 0 Å². The molecule has 0 fully saturated rings. The fraction of sp³-hybridized carbons (Fsp3) is 0.333. The van der Waals surface area contributed by atoms with Crippen molar-refractivity contribution in [3.05, 3.63) is 107 Å². The second-order valence-corrected chi connectivity index (χ2v) is 9.11. The molecule has 3 rings (SSSR count). The fourth-order valence-electron chi connectivity index (χ4n) is 4.36. The maximum atomic E-state index is 14.0. The Balaban J connectivity index is 1.97. The molecule has 0 saturated heterocycles. The topological polar surface area (TPSA) is 49.4 Å². The molecule has 0 radical (unpaired) electrons. The number of nitrogens with one attached hydrogen (secondary N) is 1. The van der Waals surface area contributed by atoms with Crippen LogP contribution in [0.5, 0.6) is 0 Å². The smallest absolute Gasteiger partial charge is 0.243 e. The van der Waals surface area contributed by atoms with E-state index in [0.29, 0.717) is 19.4 Å². The lowest BCUT2D eigenvalue weighted by Gasteiger charge is -2.33. The first-order chi connectivity index (χ1) is 16.4. The average molecular weight is 457 g/mol. The first-order valence-electron chi connectivity index (χ1n) is 12.1. The first kappa shape index (κ1) is 25.2. The van der Waals surface area contributed by atoms with Crippen LogP contribution in [0.1, 0.15) is 61.8 Å². The Bertz CT molecular complexity index is 1020. The number of rotatable bonds is 10. The highest BCUT2D eigenvalue weighted by Gasteiger charge is 2.31. The third-order valence-corrected chi connectivity index (χ3v) is 6.20. The van der Waals surface area contributed by atoms with Crippen molar-refractivity contribution < 1.29 is 9.59 Å². The SMILES string of the molecule is CCC(C(=O)NC(C)C)N(Cc1ccccc1C)C(=O)CC(c1ccccc1)c1ccccc1. The van der Waals surface area contributed by atoms with E-state index in [1.165, 1.54) is 0 Å². The molecule has 0 bridgehead atoms. The van der Waals surface area contributed by atoms with E-state index < -0.39 is 6.04 Å². The highest BCUT2D eigenvalue weighted by Crippen LogP contribution is 2.30. The number of carbonyl (C=O) groups is 2. The minimum absolute atomic E-state index is 0.0124. The van der Waals surface area contributed by atoms with Crippen molar-refractivity contribution in [3.63, 3.8) is 0 Å². The first-order valence-corrected chi connectivity index (χ1v) is 12.1. The Labute approximate surface area is 204 Å². The molecular formula is C30H36N2O2. The average Bonchev–Trinajstić information content (AvgIpc) is 2.84. The maximum Gasteiger partial charge on any atom is 0.243 e. The van der Waals surface area contributed by atoms with Crippen molar-refractivity contribution in [1.29, 1.82) is 0 Å². The molecule has 3 aromatic rings. The van der Waals surface area contributed by atoms with Gasteiger partial charge in [0.25, 0.3) is 0 Å². The summed E-state index contributed by atoms with van der Waals surface area (Å²) in [4.78, 5) is 28.9. The van der Waals surface area contributed by atoms with Gasteiger partial charge in [0.15, 0.2) is 0 Å². The van der Waals surface area contributed by atoms with Gasteiger partial charge >= 0.3 is 0 Å². The molecule has 34 heavy (non-hydrogen) atoms. The van der Waals surface area contributed by atoms with Gasteiger partial charge in [0, 0.05) is 24.9 Å². The van der Waals surface area contributed by atoms with E-state index in [2.05, 4.69) is 29.6 Å². The van der Waals surface area contributed by atoms with Crippen LogP contribution in [0.3, 0.4) is 0 Å². The quantitative estimate of drug-likeness (QED) is 0.416. The molecule has 2 amide bonds. The van der Waals surface area contributed by atoms with E-state index in [1.807, 2.05) is 88.4 Å². The second-order valence-electron chi connectivity index (χ2n) is 9.11. The number of benzene rings is 3. The molecule has 1 atom stereocenters. The van der Waals surface area contributed by atoms with E-state index in [1.54, 1.807) is 4.90 Å². The highest BCUT2D eigenvalue weighted by atomic mass is 16.2. The van der Waals surface area contributed by atoms with Gasteiger partial charge in [-0.25, -0.2) is 0 Å². The van der Waals surface area contributed by atoms with Gasteiger partial charge in [-0.3, -0.25) is 9.59 Å². The van der Waals surface area contributed by atoms with Crippen LogP contribution in [0.4, 0.5) is 0 Å². The van der Waals surface area contributed by atoms with Gasteiger partial charge in [0.1, 0.15) is 6.04 Å². The predicted molar refractivity (Wildman–Crippen MR) is 138 cm³/mol. The molecule has 0 aliphatic heterocycles. The standard InChI is InChI=1S/C30H36N2O2/c1-5-28(30(34)31-22(2)3)32(21-26-19-13-12-14-23(26)4)29(33)20-27(24-15-8-6-9-16-24)25-17-10-7-11-18-25/h6-19,22,27-28H,5,20-21H2,1-4H3,(H,31,34). The van der Waals surface area contributed by atoms with Gasteiger partial charge in [-0.15, -0.1) is 0 Å². The van der Waals surface area contributed by atoms with Crippen molar-refractivity contribution in [1.82, 2.24) is 10.2 Å². The number of carbonyl (C=O) groups excluding carboxylic acids is 2. The van der Waals surface area contributed by atoms with Gasteiger partial charge < -0.3 is 10.2 Å². The van der Waals surface area contributed by atoms with Crippen molar-refractivity contribution in [2.24, 2.45) is 0 Å². The zero-order valence-corrected chi connectivity index (χ0v) is 20.7. The summed E-state index contributed by atoms with van der Waals surface area (Å²) in [5, 5.41) is 3.01. The number of hydrogen-bond donors (Lipinski definition) is 1. The molecule has 0 spiro atoms. The van der Waals surface area contributed by atoms with Crippen LogP contribution >= 0.6 is 0 Å². The van der Waals surface area contributed by atoms with Crippen LogP contribution in [0.25, 0.3) is 0 Å². The van der Waals surface area contributed by atoms with E-state index in [9.17, 15) is 9.59 Å². The number of hydrogen-bond acceptors (Lipinski definition) is 2. The Morgan fingerprint density at radius 1 is 0.824 bits per heavy atom. The minimum atomic E-state index is -0.526. The summed E-state index contributed by atoms with van der Waals surface area (Å²) in [7, 11) is 0. The van der Waals surface area contributed by atoms with Crippen molar-refractivity contribution in [2.75, 3.05) is 0 Å². The summed E-state index contributed by atoms with van der Waals surface area (Å²) in [5.41, 5.74) is 4.36. The predicted octanol–water partition coefficient (Wildman–Crippen LogP) is 5.85. The second kappa shape index (κ2) is 12.2. The Morgan fingerprint density at radius 2 is 1.35 bits per heavy atom. The third-order valence-electron chi connectivity index (χ3n) is 6.20. The monoisotopic (exact) mass is 456 g/mol. The lowest BCUT2D eigenvalue weighted by molar-refractivity contribution is -0.141. The zero-order chi connectivity index (χ0) is 24.5. The summed E-state index contributed by atoms with van der Waals surface area (Å²) in [6.45, 7) is 8.31. The summed E-state index contributed by atoms with van der Waals surface area (Å²) in [6, 6.07) is 27.8. The summed E-state index contributed by atoms with van der Waals surface area (Å²) < 4.78 is 0. The molecular weight excluding hydrogens is 420 g/mol. The van der Waals surface area contributed by atoms with Gasteiger partial charge in [-0.05, 0) is 49.4 Å². The van der Waals surface area contributed by atoms with Crippen LogP contribution < -0.4 is 5.32 Å². The van der Waals surface area contributed by atoms with Gasteiger partial charge in [-0.2, -0.15) is 0 Å². The van der Waals surface area contributed by atoms with Gasteiger partial charge in [0.2, 0.25) is 11.8 Å². The van der Waals surface area contributed by atoms with E-state index >= 15 is 0 Å². The highest BCUT2D eigenvalue weighted by molar-refractivity contribution is 5.88. The molecule has 178 valence electrons. The Morgan fingerprint density at radius 3 is 1.85 bits per heavy atom. The Kier molecular flexibility index (Phi) is 9.03. The lowest BCUT2D eigenvalue weighted by Crippen LogP contribution is -2.50. The maximum absolute atomic E-state index is 14.0. The molecule has 0 aromatic heterocycles. The molecule has 1 unspecified atom stereocenters. The van der Waals surface area contributed by atoms with Gasteiger partial charge in [-0.1, -0.05) is 91.9 Å². The number of amides is 2.